The number of aryl methyl sites for hydroxylation is 1. The van der Waals surface area contributed by atoms with Crippen molar-refractivity contribution >= 4 is 22.6 Å². The van der Waals surface area contributed by atoms with Crippen molar-refractivity contribution in [1.82, 2.24) is 0 Å². The van der Waals surface area contributed by atoms with E-state index in [1.54, 1.807) is 19.1 Å². The Morgan fingerprint density at radius 2 is 1.72 bits per heavy atom. The van der Waals surface area contributed by atoms with E-state index in [0.717, 1.165) is 9.64 Å². The molecule has 0 spiro atoms. The van der Waals surface area contributed by atoms with Crippen LogP contribution in [0.4, 0.5) is 8.78 Å². The molecule has 0 bridgehead atoms. The summed E-state index contributed by atoms with van der Waals surface area (Å²) in [5.74, 6) is -1.34. The molecule has 0 amide bonds. The zero-order chi connectivity index (χ0) is 13.3. The highest BCUT2D eigenvalue weighted by molar-refractivity contribution is 14.1. The Bertz CT molecular complexity index is 584. The van der Waals surface area contributed by atoms with Gasteiger partial charge in [0.15, 0.2) is 0 Å². The molecule has 0 saturated heterocycles. The van der Waals surface area contributed by atoms with Gasteiger partial charge in [0.05, 0.1) is 0 Å². The van der Waals surface area contributed by atoms with Crippen LogP contribution in [0.1, 0.15) is 22.8 Å². The van der Waals surface area contributed by atoms with Gasteiger partial charge in [0.1, 0.15) is 17.7 Å². The van der Waals surface area contributed by atoms with Gasteiger partial charge in [-0.1, -0.05) is 18.2 Å². The van der Waals surface area contributed by atoms with Crippen molar-refractivity contribution in [1.29, 1.82) is 0 Å². The Kier molecular flexibility index (Phi) is 3.97. The molecule has 0 saturated carbocycles. The molecule has 1 N–H and O–H groups in total. The van der Waals surface area contributed by atoms with Crippen molar-refractivity contribution in [2.45, 2.75) is 13.0 Å². The van der Waals surface area contributed by atoms with Crippen molar-refractivity contribution in [3.63, 3.8) is 0 Å². The number of halogens is 3. The minimum atomic E-state index is -1.09. The van der Waals surface area contributed by atoms with Gasteiger partial charge in [-0.05, 0) is 52.8 Å². The molecule has 0 fully saturated rings. The van der Waals surface area contributed by atoms with E-state index < -0.39 is 17.7 Å². The molecule has 94 valence electrons. The van der Waals surface area contributed by atoms with Crippen LogP contribution in [0.25, 0.3) is 0 Å². The molecule has 0 aliphatic carbocycles. The fourth-order valence-electron chi connectivity index (χ4n) is 1.75. The van der Waals surface area contributed by atoms with Crippen LogP contribution in [0.3, 0.4) is 0 Å². The van der Waals surface area contributed by atoms with Gasteiger partial charge >= 0.3 is 0 Å². The van der Waals surface area contributed by atoms with Crippen molar-refractivity contribution in [3.8, 4) is 0 Å². The average Bonchev–Trinajstić information content (AvgIpc) is 2.33. The number of aliphatic hydroxyl groups is 1. The Hall–Kier alpha value is -1.01. The van der Waals surface area contributed by atoms with E-state index in [4.69, 9.17) is 0 Å². The molecule has 2 aromatic carbocycles. The van der Waals surface area contributed by atoms with Crippen LogP contribution in [-0.4, -0.2) is 5.11 Å². The first-order valence-electron chi connectivity index (χ1n) is 5.38. The normalized spacial score (nSPS) is 12.5. The molecule has 0 aliphatic heterocycles. The maximum absolute atomic E-state index is 13.7. The first-order valence-corrected chi connectivity index (χ1v) is 6.46. The fourth-order valence-corrected chi connectivity index (χ4v) is 2.44. The van der Waals surface area contributed by atoms with Gasteiger partial charge in [-0.2, -0.15) is 0 Å². The topological polar surface area (TPSA) is 20.2 Å². The van der Waals surface area contributed by atoms with E-state index in [-0.39, 0.29) is 5.56 Å². The summed E-state index contributed by atoms with van der Waals surface area (Å²) in [6.45, 7) is 1.54. The second-order valence-corrected chi connectivity index (χ2v) is 5.21. The third-order valence-corrected chi connectivity index (χ3v) is 3.75. The van der Waals surface area contributed by atoms with Gasteiger partial charge in [0.2, 0.25) is 0 Å². The lowest BCUT2D eigenvalue weighted by Gasteiger charge is -2.15. The van der Waals surface area contributed by atoms with Gasteiger partial charge < -0.3 is 5.11 Å². The van der Waals surface area contributed by atoms with Crippen LogP contribution in [0.5, 0.6) is 0 Å². The van der Waals surface area contributed by atoms with Crippen molar-refractivity contribution in [2.75, 3.05) is 0 Å². The Labute approximate surface area is 118 Å². The van der Waals surface area contributed by atoms with Gasteiger partial charge in [-0.15, -0.1) is 0 Å². The Morgan fingerprint density at radius 3 is 2.39 bits per heavy atom. The smallest absolute Gasteiger partial charge is 0.132 e. The molecular weight excluding hydrogens is 349 g/mol. The van der Waals surface area contributed by atoms with E-state index in [9.17, 15) is 13.9 Å². The summed E-state index contributed by atoms with van der Waals surface area (Å²) in [4.78, 5) is 0. The number of rotatable bonds is 2. The maximum atomic E-state index is 13.7. The van der Waals surface area contributed by atoms with E-state index in [1.807, 2.05) is 12.1 Å². The monoisotopic (exact) mass is 360 g/mol. The molecule has 1 unspecified atom stereocenters. The third kappa shape index (κ3) is 2.54. The van der Waals surface area contributed by atoms with Gasteiger partial charge in [-0.25, -0.2) is 8.78 Å². The van der Waals surface area contributed by atoms with E-state index in [2.05, 4.69) is 22.6 Å². The van der Waals surface area contributed by atoms with Crippen LogP contribution in [0.15, 0.2) is 36.4 Å². The quantitative estimate of drug-likeness (QED) is 0.804. The number of benzene rings is 2. The lowest BCUT2D eigenvalue weighted by Crippen LogP contribution is -2.05. The van der Waals surface area contributed by atoms with Crippen molar-refractivity contribution in [3.05, 3.63) is 68.3 Å². The molecule has 1 nitrogen and oxygen atoms in total. The summed E-state index contributed by atoms with van der Waals surface area (Å²) in [7, 11) is 0. The van der Waals surface area contributed by atoms with Crippen LogP contribution in [-0.2, 0) is 0 Å². The summed E-state index contributed by atoms with van der Waals surface area (Å²) < 4.78 is 27.7. The summed E-state index contributed by atoms with van der Waals surface area (Å²) in [5.41, 5.74) is 1.03. The van der Waals surface area contributed by atoms with Crippen LogP contribution < -0.4 is 0 Å². The molecular formula is C14H11F2IO. The molecule has 0 aromatic heterocycles. The van der Waals surface area contributed by atoms with Crippen LogP contribution >= 0.6 is 22.6 Å². The Morgan fingerprint density at radius 1 is 1.06 bits per heavy atom. The maximum Gasteiger partial charge on any atom is 0.132 e. The first kappa shape index (κ1) is 13.4. The summed E-state index contributed by atoms with van der Waals surface area (Å²) >= 11 is 2.07. The highest BCUT2D eigenvalue weighted by Gasteiger charge is 2.18. The van der Waals surface area contributed by atoms with Crippen molar-refractivity contribution in [2.24, 2.45) is 0 Å². The fraction of sp³-hybridized carbons (Fsp3) is 0.143. The number of hydrogen-bond acceptors (Lipinski definition) is 1. The Balaban J connectivity index is 2.50. The minimum absolute atomic E-state index is 0.0954. The van der Waals surface area contributed by atoms with E-state index >= 15 is 0 Å². The van der Waals surface area contributed by atoms with Gasteiger partial charge in [0, 0.05) is 15.2 Å². The van der Waals surface area contributed by atoms with Crippen LogP contribution in [0.2, 0.25) is 0 Å². The largest absolute Gasteiger partial charge is 0.384 e. The minimum Gasteiger partial charge on any atom is -0.384 e. The molecule has 4 heteroatoms. The highest BCUT2D eigenvalue weighted by atomic mass is 127. The third-order valence-electron chi connectivity index (χ3n) is 2.77. The zero-order valence-corrected chi connectivity index (χ0v) is 11.8. The zero-order valence-electron chi connectivity index (χ0n) is 9.62. The van der Waals surface area contributed by atoms with E-state index in [0.29, 0.717) is 11.1 Å². The predicted octanol–water partition coefficient (Wildman–Crippen LogP) is 3.96. The second kappa shape index (κ2) is 5.32. The summed E-state index contributed by atoms with van der Waals surface area (Å²) in [6.07, 6.45) is -1.09. The SMILES string of the molecule is Cc1cc(C(O)c2ccccc2I)c(F)cc1F. The molecule has 0 radical (unpaired) electrons. The van der Waals surface area contributed by atoms with E-state index in [1.165, 1.54) is 6.07 Å². The summed E-state index contributed by atoms with van der Waals surface area (Å²) in [6, 6.07) is 9.32. The lowest BCUT2D eigenvalue weighted by atomic mass is 9.99. The molecule has 2 rings (SSSR count). The van der Waals surface area contributed by atoms with Gasteiger partial charge in [0.25, 0.3) is 0 Å². The molecule has 2 aromatic rings. The summed E-state index contributed by atoms with van der Waals surface area (Å²) in [5, 5.41) is 10.2. The average molecular weight is 360 g/mol. The molecule has 0 aliphatic rings. The standard InChI is InChI=1S/C14H11F2IO/c1-8-6-10(12(16)7-11(8)15)14(18)9-4-2-3-5-13(9)17/h2-7,14,18H,1H3. The predicted molar refractivity (Wildman–Crippen MR) is 74.3 cm³/mol. The molecule has 18 heavy (non-hydrogen) atoms. The number of aliphatic hydroxyl groups excluding tert-OH is 1. The van der Waals surface area contributed by atoms with Crippen LogP contribution in [0, 0.1) is 22.1 Å². The highest BCUT2D eigenvalue weighted by Crippen LogP contribution is 2.29. The lowest BCUT2D eigenvalue weighted by molar-refractivity contribution is 0.213. The second-order valence-electron chi connectivity index (χ2n) is 4.05. The molecule has 0 heterocycles. The van der Waals surface area contributed by atoms with Gasteiger partial charge in [-0.3, -0.25) is 0 Å². The molecule has 1 atom stereocenters. The van der Waals surface area contributed by atoms with Crippen molar-refractivity contribution < 1.29 is 13.9 Å². The number of hydrogen-bond donors (Lipinski definition) is 1. The first-order chi connectivity index (χ1) is 8.50.